The van der Waals surface area contributed by atoms with E-state index < -0.39 is 0 Å². The van der Waals surface area contributed by atoms with Gasteiger partial charge in [-0.2, -0.15) is 4.98 Å². The molecule has 0 aliphatic rings. The molecule has 0 aliphatic carbocycles. The van der Waals surface area contributed by atoms with Gasteiger partial charge in [0.25, 0.3) is 0 Å². The normalized spacial score (nSPS) is 10.8. The fraction of sp³-hybridized carbons (Fsp3) is 0.429. The average Bonchev–Trinajstić information content (AvgIpc) is 2.94. The van der Waals surface area contributed by atoms with Crippen LogP contribution in [-0.4, -0.2) is 56.4 Å². The molecule has 2 aromatic rings. The van der Waals surface area contributed by atoms with Crippen molar-refractivity contribution < 1.29 is 9.26 Å². The van der Waals surface area contributed by atoms with Gasteiger partial charge in [-0.3, -0.25) is 0 Å². The molecule has 0 atom stereocenters. The van der Waals surface area contributed by atoms with Crippen LogP contribution < -0.4 is 9.64 Å². The second kappa shape index (κ2) is 6.38. The third kappa shape index (κ3) is 3.48. The molecule has 0 fully saturated rings. The van der Waals surface area contributed by atoms with Gasteiger partial charge in [0.1, 0.15) is 5.75 Å². The molecule has 0 N–H and O–H groups in total. The minimum atomic E-state index is 0.518. The van der Waals surface area contributed by atoms with Gasteiger partial charge in [-0.15, -0.1) is 0 Å². The van der Waals surface area contributed by atoms with Crippen molar-refractivity contribution in [2.45, 2.75) is 0 Å². The molecular formula is C14H20N4O2. The van der Waals surface area contributed by atoms with Gasteiger partial charge in [0, 0.05) is 25.7 Å². The number of anilines is 1. The minimum absolute atomic E-state index is 0.518. The Kier molecular flexibility index (Phi) is 4.57. The molecule has 0 bridgehead atoms. The van der Waals surface area contributed by atoms with E-state index in [1.165, 1.54) is 0 Å². The van der Waals surface area contributed by atoms with Crippen LogP contribution >= 0.6 is 0 Å². The molecule has 6 nitrogen and oxygen atoms in total. The van der Waals surface area contributed by atoms with Crippen molar-refractivity contribution in [1.82, 2.24) is 15.0 Å². The maximum atomic E-state index is 5.29. The van der Waals surface area contributed by atoms with E-state index in [1.54, 1.807) is 7.11 Å². The number of hydrogen-bond acceptors (Lipinski definition) is 6. The average molecular weight is 276 g/mol. The SMILES string of the molecule is COc1cccc(-c2noc(N(C)CCN(C)C)n2)c1. The number of aromatic nitrogens is 2. The highest BCUT2D eigenvalue weighted by molar-refractivity contribution is 5.58. The standard InChI is InChI=1S/C14H20N4O2/c1-17(2)8-9-18(3)14-15-13(16-20-14)11-6-5-7-12(10-11)19-4/h5-7,10H,8-9H2,1-4H3. The van der Waals surface area contributed by atoms with Gasteiger partial charge in [-0.05, 0) is 26.2 Å². The molecule has 0 saturated carbocycles. The summed E-state index contributed by atoms with van der Waals surface area (Å²) in [6.07, 6.45) is 0. The van der Waals surface area contributed by atoms with Gasteiger partial charge in [-0.25, -0.2) is 0 Å². The van der Waals surface area contributed by atoms with Crippen molar-refractivity contribution in [1.29, 1.82) is 0 Å². The molecule has 0 saturated heterocycles. The largest absolute Gasteiger partial charge is 0.497 e. The van der Waals surface area contributed by atoms with Crippen molar-refractivity contribution in [2.24, 2.45) is 0 Å². The molecule has 1 aromatic carbocycles. The Labute approximate surface area is 118 Å². The summed E-state index contributed by atoms with van der Waals surface area (Å²) in [5.41, 5.74) is 0.875. The summed E-state index contributed by atoms with van der Waals surface area (Å²) in [6, 6.07) is 8.11. The van der Waals surface area contributed by atoms with Crippen molar-refractivity contribution in [2.75, 3.05) is 46.2 Å². The third-order valence-electron chi connectivity index (χ3n) is 2.95. The van der Waals surface area contributed by atoms with Gasteiger partial charge in [0.15, 0.2) is 0 Å². The summed E-state index contributed by atoms with van der Waals surface area (Å²) in [7, 11) is 7.63. The van der Waals surface area contributed by atoms with Gasteiger partial charge < -0.3 is 19.1 Å². The Balaban J connectivity index is 2.11. The molecule has 0 radical (unpaired) electrons. The smallest absolute Gasteiger partial charge is 0.324 e. The minimum Gasteiger partial charge on any atom is -0.497 e. The number of rotatable bonds is 6. The van der Waals surface area contributed by atoms with Crippen molar-refractivity contribution in [3.63, 3.8) is 0 Å². The van der Waals surface area contributed by atoms with Crippen LogP contribution in [0, 0.1) is 0 Å². The van der Waals surface area contributed by atoms with E-state index in [0.717, 1.165) is 24.4 Å². The number of hydrogen-bond donors (Lipinski definition) is 0. The van der Waals surface area contributed by atoms with E-state index in [2.05, 4.69) is 15.0 Å². The first-order chi connectivity index (χ1) is 9.60. The van der Waals surface area contributed by atoms with Crippen molar-refractivity contribution in [3.05, 3.63) is 24.3 Å². The zero-order valence-corrected chi connectivity index (χ0v) is 12.3. The molecular weight excluding hydrogens is 256 g/mol. The zero-order chi connectivity index (χ0) is 14.5. The van der Waals surface area contributed by atoms with Crippen LogP contribution in [-0.2, 0) is 0 Å². The van der Waals surface area contributed by atoms with Crippen LogP contribution in [0.1, 0.15) is 0 Å². The molecule has 0 spiro atoms. The first kappa shape index (κ1) is 14.3. The predicted molar refractivity (Wildman–Crippen MR) is 78.1 cm³/mol. The number of benzene rings is 1. The van der Waals surface area contributed by atoms with Crippen molar-refractivity contribution in [3.8, 4) is 17.1 Å². The zero-order valence-electron chi connectivity index (χ0n) is 12.3. The van der Waals surface area contributed by atoms with E-state index >= 15 is 0 Å². The lowest BCUT2D eigenvalue weighted by Crippen LogP contribution is -2.28. The molecule has 20 heavy (non-hydrogen) atoms. The molecule has 6 heteroatoms. The van der Waals surface area contributed by atoms with Crippen molar-refractivity contribution >= 4 is 6.01 Å². The first-order valence-electron chi connectivity index (χ1n) is 6.44. The monoisotopic (exact) mass is 276 g/mol. The first-order valence-corrected chi connectivity index (χ1v) is 6.44. The number of likely N-dealkylation sites (N-methyl/N-ethyl adjacent to an activating group) is 2. The Hall–Kier alpha value is -2.08. The lowest BCUT2D eigenvalue weighted by atomic mass is 10.2. The summed E-state index contributed by atoms with van der Waals surface area (Å²) >= 11 is 0. The van der Waals surface area contributed by atoms with E-state index in [0.29, 0.717) is 11.8 Å². The third-order valence-corrected chi connectivity index (χ3v) is 2.95. The lowest BCUT2D eigenvalue weighted by Gasteiger charge is -2.16. The van der Waals surface area contributed by atoms with Crippen LogP contribution in [0.25, 0.3) is 11.4 Å². The Morgan fingerprint density at radius 3 is 2.70 bits per heavy atom. The predicted octanol–water partition coefficient (Wildman–Crippen LogP) is 1.74. The second-order valence-electron chi connectivity index (χ2n) is 4.86. The van der Waals surface area contributed by atoms with Crippen LogP contribution in [0.5, 0.6) is 5.75 Å². The summed E-state index contributed by atoms with van der Waals surface area (Å²) in [5, 5.41) is 4.01. The highest BCUT2D eigenvalue weighted by atomic mass is 16.5. The second-order valence-corrected chi connectivity index (χ2v) is 4.86. The maximum absolute atomic E-state index is 5.29. The molecule has 0 unspecified atom stereocenters. The Morgan fingerprint density at radius 1 is 1.20 bits per heavy atom. The van der Waals surface area contributed by atoms with E-state index in [4.69, 9.17) is 9.26 Å². The number of methoxy groups -OCH3 is 1. The molecule has 0 amide bonds. The van der Waals surface area contributed by atoms with Crippen LogP contribution in [0.2, 0.25) is 0 Å². The van der Waals surface area contributed by atoms with Crippen LogP contribution in [0.15, 0.2) is 28.8 Å². The van der Waals surface area contributed by atoms with Gasteiger partial charge >= 0.3 is 6.01 Å². The number of nitrogens with zero attached hydrogens (tertiary/aromatic N) is 4. The Bertz CT molecular complexity index is 554. The fourth-order valence-electron chi connectivity index (χ4n) is 1.70. The molecule has 0 aliphatic heterocycles. The topological polar surface area (TPSA) is 54.6 Å². The summed E-state index contributed by atoms with van der Waals surface area (Å²) in [4.78, 5) is 8.46. The van der Waals surface area contributed by atoms with E-state index in [-0.39, 0.29) is 0 Å². The van der Waals surface area contributed by atoms with Gasteiger partial charge in [0.2, 0.25) is 5.82 Å². The summed E-state index contributed by atoms with van der Waals surface area (Å²) in [5.74, 6) is 1.34. The number of ether oxygens (including phenoxy) is 1. The lowest BCUT2D eigenvalue weighted by molar-refractivity contribution is 0.392. The molecule has 2 rings (SSSR count). The van der Waals surface area contributed by atoms with Crippen LogP contribution in [0.3, 0.4) is 0 Å². The van der Waals surface area contributed by atoms with Gasteiger partial charge in [-0.1, -0.05) is 17.3 Å². The highest BCUT2D eigenvalue weighted by Gasteiger charge is 2.12. The fourth-order valence-corrected chi connectivity index (χ4v) is 1.70. The maximum Gasteiger partial charge on any atom is 0.324 e. The quantitative estimate of drug-likeness (QED) is 0.801. The molecule has 1 heterocycles. The van der Waals surface area contributed by atoms with E-state index in [1.807, 2.05) is 50.3 Å². The van der Waals surface area contributed by atoms with Gasteiger partial charge in [0.05, 0.1) is 7.11 Å². The van der Waals surface area contributed by atoms with E-state index in [9.17, 15) is 0 Å². The summed E-state index contributed by atoms with van der Waals surface area (Å²) in [6.45, 7) is 1.75. The molecule has 108 valence electrons. The highest BCUT2D eigenvalue weighted by Crippen LogP contribution is 2.23. The summed E-state index contributed by atoms with van der Waals surface area (Å²) < 4.78 is 10.5. The Morgan fingerprint density at radius 2 is 2.00 bits per heavy atom. The molecule has 1 aromatic heterocycles. The van der Waals surface area contributed by atoms with Crippen LogP contribution in [0.4, 0.5) is 6.01 Å².